The molecule has 20 nitrogen and oxygen atoms in total. The molecule has 72 heavy (non-hydrogen) atoms. The second-order valence-electron chi connectivity index (χ2n) is 18.4. The van der Waals surface area contributed by atoms with Crippen LogP contribution in [0.1, 0.15) is 90.4 Å². The zero-order valence-electron chi connectivity index (χ0n) is 39.9. The molecule has 7 N–H and O–H groups in total. The van der Waals surface area contributed by atoms with Crippen molar-refractivity contribution in [3.63, 3.8) is 0 Å². The normalized spacial score (nSPS) is 17.8. The van der Waals surface area contributed by atoms with Gasteiger partial charge in [0.2, 0.25) is 29.5 Å². The number of cyclic esters (lactones) is 1. The molecule has 4 aliphatic rings. The van der Waals surface area contributed by atoms with Gasteiger partial charge in [0, 0.05) is 73.2 Å². The third-order valence-corrected chi connectivity index (χ3v) is 13.8. The van der Waals surface area contributed by atoms with Crippen LogP contribution < -0.4 is 32.6 Å². The number of nitrogens with two attached hydrogens (primary N) is 1. The second kappa shape index (κ2) is 21.4. The number of imide groups is 1. The molecule has 1 aliphatic carbocycles. The summed E-state index contributed by atoms with van der Waals surface area (Å²) < 4.78 is 22.3. The lowest BCUT2D eigenvalue weighted by atomic mass is 9.81. The van der Waals surface area contributed by atoms with E-state index < -0.39 is 84.2 Å². The van der Waals surface area contributed by atoms with Crippen molar-refractivity contribution in [2.75, 3.05) is 39.3 Å². The fraction of sp³-hybridized carbons (Fsp3) is 0.412. The van der Waals surface area contributed by atoms with E-state index in [0.29, 0.717) is 65.7 Å². The van der Waals surface area contributed by atoms with Crippen LogP contribution >= 0.6 is 0 Å². The Balaban J connectivity index is 0.936. The summed E-state index contributed by atoms with van der Waals surface area (Å²) in [4.78, 5) is 123. The van der Waals surface area contributed by atoms with Crippen molar-refractivity contribution in [2.45, 2.75) is 96.1 Å². The SMILES string of the molecule is CC[C@@]1(O)C(=O)OCc2c1cc1n(c2=O)Cc2c-1nc1cc(F)c(C)c3c1c2[C@@H](NCCN(CC(N)=O)C(=O)[C@H](Cc1ccccc1)NC(=O)CNC(=O)CNC(=O)CCCCCN1C(=O)C=CC1=O)CC3. The molecule has 0 radical (unpaired) electrons. The summed E-state index contributed by atoms with van der Waals surface area (Å²) in [6.07, 6.45) is 5.00. The number of amides is 7. The number of hydrogen-bond acceptors (Lipinski definition) is 13. The molecule has 5 heterocycles. The topological polar surface area (TPSA) is 282 Å². The summed E-state index contributed by atoms with van der Waals surface area (Å²) in [5, 5.41) is 23.3. The lowest BCUT2D eigenvalue weighted by Crippen LogP contribution is -2.54. The van der Waals surface area contributed by atoms with Crippen LogP contribution in [0.5, 0.6) is 0 Å². The third kappa shape index (κ3) is 10.4. The van der Waals surface area contributed by atoms with E-state index in [1.807, 2.05) is 0 Å². The van der Waals surface area contributed by atoms with E-state index >= 15 is 4.39 Å². The van der Waals surface area contributed by atoms with Crippen LogP contribution in [0, 0.1) is 12.7 Å². The number of benzene rings is 2. The number of carbonyl (C=O) groups excluding carboxylic acids is 8. The predicted molar refractivity (Wildman–Crippen MR) is 256 cm³/mol. The Hall–Kier alpha value is -7.65. The van der Waals surface area contributed by atoms with Crippen molar-refractivity contribution in [2.24, 2.45) is 5.73 Å². The van der Waals surface area contributed by atoms with Crippen LogP contribution in [0.25, 0.3) is 22.3 Å². The van der Waals surface area contributed by atoms with Crippen molar-refractivity contribution >= 4 is 58.2 Å². The van der Waals surface area contributed by atoms with Crippen LogP contribution in [0.2, 0.25) is 0 Å². The van der Waals surface area contributed by atoms with Crippen molar-refractivity contribution in [3.05, 3.63) is 110 Å². The maximum atomic E-state index is 15.5. The molecule has 3 aliphatic heterocycles. The van der Waals surface area contributed by atoms with Gasteiger partial charge in [0.25, 0.3) is 17.4 Å². The molecule has 21 heteroatoms. The lowest BCUT2D eigenvalue weighted by molar-refractivity contribution is -0.172. The number of unbranched alkanes of at least 4 members (excludes halogenated alkanes) is 2. The fourth-order valence-corrected chi connectivity index (χ4v) is 10.00. The van der Waals surface area contributed by atoms with Gasteiger partial charge in [-0.05, 0) is 67.3 Å². The van der Waals surface area contributed by atoms with E-state index in [1.165, 1.54) is 27.7 Å². The first kappa shape index (κ1) is 50.7. The molecule has 3 atom stereocenters. The number of ether oxygens (including phenoxy) is 1. The van der Waals surface area contributed by atoms with Gasteiger partial charge in [-0.3, -0.25) is 43.3 Å². The van der Waals surface area contributed by atoms with Gasteiger partial charge >= 0.3 is 5.97 Å². The highest BCUT2D eigenvalue weighted by Gasteiger charge is 2.46. The number of aliphatic hydroxyl groups is 1. The summed E-state index contributed by atoms with van der Waals surface area (Å²) in [6, 6.07) is 10.2. The molecule has 8 rings (SSSR count). The van der Waals surface area contributed by atoms with Gasteiger partial charge in [-0.15, -0.1) is 0 Å². The molecule has 0 fully saturated rings. The van der Waals surface area contributed by atoms with Crippen LogP contribution in [0.3, 0.4) is 0 Å². The number of aromatic nitrogens is 2. The summed E-state index contributed by atoms with van der Waals surface area (Å²) in [5.74, 6) is -5.24. The molecular formula is C51H56FN9O11. The van der Waals surface area contributed by atoms with E-state index in [1.54, 1.807) is 50.2 Å². The number of hydrogen-bond donors (Lipinski definition) is 6. The number of esters is 1. The van der Waals surface area contributed by atoms with E-state index in [9.17, 15) is 48.3 Å². The highest BCUT2D eigenvalue weighted by atomic mass is 19.1. The minimum absolute atomic E-state index is 0.0232. The molecular weight excluding hydrogens is 934 g/mol. The molecule has 0 saturated carbocycles. The van der Waals surface area contributed by atoms with Crippen LogP contribution in [-0.4, -0.2) is 117 Å². The average molecular weight is 990 g/mol. The van der Waals surface area contributed by atoms with Crippen molar-refractivity contribution in [3.8, 4) is 11.4 Å². The number of nitrogens with zero attached hydrogens (tertiary/aromatic N) is 4. The largest absolute Gasteiger partial charge is 0.458 e. The van der Waals surface area contributed by atoms with Crippen molar-refractivity contribution < 1.29 is 52.6 Å². The third-order valence-electron chi connectivity index (χ3n) is 13.8. The first-order valence-corrected chi connectivity index (χ1v) is 24.0. The number of halogens is 1. The Morgan fingerprint density at radius 3 is 2.40 bits per heavy atom. The molecule has 2 aromatic heterocycles. The lowest BCUT2D eigenvalue weighted by Gasteiger charge is -2.32. The maximum Gasteiger partial charge on any atom is 0.343 e. The quantitative estimate of drug-likeness (QED) is 0.0339. The maximum absolute atomic E-state index is 15.5. The molecule has 7 amide bonds. The van der Waals surface area contributed by atoms with E-state index in [2.05, 4.69) is 21.3 Å². The predicted octanol–water partition coefficient (Wildman–Crippen LogP) is 0.863. The fourth-order valence-electron chi connectivity index (χ4n) is 10.00. The summed E-state index contributed by atoms with van der Waals surface area (Å²) >= 11 is 0. The van der Waals surface area contributed by atoms with Gasteiger partial charge in [0.1, 0.15) is 18.5 Å². The Morgan fingerprint density at radius 2 is 1.68 bits per heavy atom. The Morgan fingerprint density at radius 1 is 0.958 bits per heavy atom. The number of pyridine rings is 2. The minimum Gasteiger partial charge on any atom is -0.458 e. The van der Waals surface area contributed by atoms with Crippen LogP contribution in [0.4, 0.5) is 4.39 Å². The summed E-state index contributed by atoms with van der Waals surface area (Å²) in [5.41, 5.74) is 8.02. The zero-order valence-corrected chi connectivity index (χ0v) is 39.9. The standard InChI is InChI=1S/C51H56FN9O11/c1-3-51(71)33-21-38-47-31(25-61(38)48(68)32(33)27-72-50(51)70)46-35(14-13-30-28(2)34(52)22-36(58-47)45(30)46)54-17-19-59(26-39(53)62)49(69)37(20-29-10-6-4-7-11-29)57-42(65)24-56-41(64)23-55-40(63)12-8-5-9-18-60-43(66)15-16-44(60)67/h4,6-7,10-11,15-16,21-22,35,37,54,71H,3,5,8-9,12-14,17-20,23-27H2,1-2H3,(H2,53,62)(H,55,63)(H,56,64)(H,57,65)/t35-,37-,51-/m0/s1. The van der Waals surface area contributed by atoms with Gasteiger partial charge in [-0.1, -0.05) is 43.7 Å². The molecule has 0 unspecified atom stereocenters. The smallest absolute Gasteiger partial charge is 0.343 e. The first-order valence-electron chi connectivity index (χ1n) is 24.0. The second-order valence-corrected chi connectivity index (χ2v) is 18.4. The Bertz CT molecular complexity index is 2980. The van der Waals surface area contributed by atoms with Gasteiger partial charge in [0.15, 0.2) is 5.60 Å². The molecule has 0 spiro atoms. The van der Waals surface area contributed by atoms with E-state index in [-0.39, 0.29) is 75.0 Å². The minimum atomic E-state index is -2.05. The molecule has 4 aromatic rings. The van der Waals surface area contributed by atoms with Crippen LogP contribution in [0.15, 0.2) is 59.4 Å². The van der Waals surface area contributed by atoms with E-state index in [4.69, 9.17) is 15.5 Å². The summed E-state index contributed by atoms with van der Waals surface area (Å²) in [6.45, 7) is 1.98. The number of carbonyl (C=O) groups is 8. The number of nitrogens with one attached hydrogen (secondary N) is 4. The van der Waals surface area contributed by atoms with Crippen molar-refractivity contribution in [1.82, 2.24) is 40.6 Å². The monoisotopic (exact) mass is 989 g/mol. The number of aryl methyl sites for hydroxylation is 1. The van der Waals surface area contributed by atoms with Gasteiger partial charge in [-0.25, -0.2) is 14.2 Å². The van der Waals surface area contributed by atoms with Gasteiger partial charge in [0.05, 0.1) is 48.6 Å². The molecule has 0 saturated heterocycles. The van der Waals surface area contributed by atoms with Crippen LogP contribution in [-0.2, 0) is 74.7 Å². The molecule has 378 valence electrons. The highest BCUT2D eigenvalue weighted by Crippen LogP contribution is 2.46. The average Bonchev–Trinajstić information content (AvgIpc) is 3.90. The number of fused-ring (bicyclic) bond motifs is 5. The van der Waals surface area contributed by atoms with E-state index in [0.717, 1.165) is 21.4 Å². The summed E-state index contributed by atoms with van der Waals surface area (Å²) in [7, 11) is 0. The van der Waals surface area contributed by atoms with Gasteiger partial charge in [-0.2, -0.15) is 0 Å². The number of rotatable bonds is 21. The Labute approximate surface area is 412 Å². The van der Waals surface area contributed by atoms with Gasteiger partial charge < -0.3 is 46.3 Å². The zero-order chi connectivity index (χ0) is 51.4. The van der Waals surface area contributed by atoms with Crippen molar-refractivity contribution in [1.29, 1.82) is 0 Å². The Kier molecular flexibility index (Phi) is 15.1. The number of primary amides is 1. The highest BCUT2D eigenvalue weighted by molar-refractivity contribution is 6.12. The first-order chi connectivity index (χ1) is 34.5. The molecule has 2 aromatic carbocycles. The molecule has 0 bridgehead atoms.